The van der Waals surface area contributed by atoms with Crippen molar-refractivity contribution in [2.75, 3.05) is 31.5 Å². The number of ketones is 1. The maximum absolute atomic E-state index is 12.0. The van der Waals surface area contributed by atoms with Crippen LogP contribution in [0.1, 0.15) is 24.2 Å². The number of anilines is 1. The number of hydrogen-bond acceptors (Lipinski definition) is 4. The van der Waals surface area contributed by atoms with E-state index in [-0.39, 0.29) is 24.1 Å². The van der Waals surface area contributed by atoms with Gasteiger partial charge in [0, 0.05) is 36.9 Å². The van der Waals surface area contributed by atoms with Crippen LogP contribution in [0.15, 0.2) is 24.3 Å². The first-order valence-electron chi connectivity index (χ1n) is 6.92. The number of amides is 1. The van der Waals surface area contributed by atoms with Gasteiger partial charge in [-0.05, 0) is 26.0 Å². The average molecular weight is 312 g/mol. The highest BCUT2D eigenvalue weighted by molar-refractivity contribution is 5.97. The summed E-state index contributed by atoms with van der Waals surface area (Å²) in [6.07, 6.45) is 0. The van der Waals surface area contributed by atoms with Crippen LogP contribution in [0.4, 0.5) is 5.69 Å². The second-order valence-corrected chi connectivity index (χ2v) is 5.21. The van der Waals surface area contributed by atoms with E-state index >= 15 is 0 Å². The molecule has 1 heterocycles. The number of halogens is 1. The highest BCUT2D eigenvalue weighted by Gasteiger charge is 2.20. The number of hydrogen-bond donors (Lipinski definition) is 2. The van der Waals surface area contributed by atoms with Crippen molar-refractivity contribution < 1.29 is 9.59 Å². The van der Waals surface area contributed by atoms with E-state index in [2.05, 4.69) is 22.5 Å². The summed E-state index contributed by atoms with van der Waals surface area (Å²) in [7, 11) is 0. The van der Waals surface area contributed by atoms with Gasteiger partial charge in [0.05, 0.1) is 6.54 Å². The summed E-state index contributed by atoms with van der Waals surface area (Å²) in [4.78, 5) is 25.5. The number of carbonyl (C=O) groups is 2. The zero-order valence-corrected chi connectivity index (χ0v) is 13.2. The number of benzene rings is 1. The maximum Gasteiger partial charge on any atom is 0.238 e. The third-order valence-electron chi connectivity index (χ3n) is 3.54. The lowest BCUT2D eigenvalue weighted by Gasteiger charge is -2.33. The molecule has 1 fully saturated rings. The summed E-state index contributed by atoms with van der Waals surface area (Å²) < 4.78 is 0. The second kappa shape index (κ2) is 8.12. The lowest BCUT2D eigenvalue weighted by molar-refractivity contribution is -0.118. The van der Waals surface area contributed by atoms with Crippen molar-refractivity contribution >= 4 is 29.8 Å². The number of piperazine rings is 1. The zero-order chi connectivity index (χ0) is 14.5. The molecule has 1 aliphatic heterocycles. The SMILES string of the molecule is CC(=O)c1cccc(NC(=O)CN2CCNC[C@H]2C)c1.Cl. The molecule has 1 atom stereocenters. The van der Waals surface area contributed by atoms with Gasteiger partial charge in [-0.25, -0.2) is 0 Å². The van der Waals surface area contributed by atoms with E-state index in [4.69, 9.17) is 0 Å². The van der Waals surface area contributed by atoms with Crippen molar-refractivity contribution in [1.29, 1.82) is 0 Å². The molecule has 1 saturated heterocycles. The minimum atomic E-state index is -0.0422. The van der Waals surface area contributed by atoms with Crippen molar-refractivity contribution in [2.24, 2.45) is 0 Å². The summed E-state index contributed by atoms with van der Waals surface area (Å²) in [5, 5.41) is 6.15. The fourth-order valence-corrected chi connectivity index (χ4v) is 2.32. The van der Waals surface area contributed by atoms with E-state index in [0.717, 1.165) is 19.6 Å². The first-order valence-corrected chi connectivity index (χ1v) is 6.92. The highest BCUT2D eigenvalue weighted by Crippen LogP contribution is 2.11. The molecule has 116 valence electrons. The normalized spacial score (nSPS) is 18.7. The van der Waals surface area contributed by atoms with Crippen molar-refractivity contribution in [3.8, 4) is 0 Å². The van der Waals surface area contributed by atoms with Gasteiger partial charge in [-0.15, -0.1) is 12.4 Å². The molecule has 0 radical (unpaired) electrons. The molecule has 0 bridgehead atoms. The average Bonchev–Trinajstić information content (AvgIpc) is 2.41. The standard InChI is InChI=1S/C15H21N3O2.ClH/c1-11-9-16-6-7-18(11)10-15(20)17-14-5-3-4-13(8-14)12(2)19;/h3-5,8,11,16H,6-7,9-10H2,1-2H3,(H,17,20);1H/t11-;/m1./s1. The maximum atomic E-state index is 12.0. The monoisotopic (exact) mass is 311 g/mol. The number of nitrogens with one attached hydrogen (secondary N) is 2. The number of carbonyl (C=O) groups excluding carboxylic acids is 2. The van der Waals surface area contributed by atoms with Gasteiger partial charge in [-0.1, -0.05) is 12.1 Å². The quantitative estimate of drug-likeness (QED) is 0.828. The minimum absolute atomic E-state index is 0. The van der Waals surface area contributed by atoms with Crippen molar-refractivity contribution in [2.45, 2.75) is 19.9 Å². The molecular formula is C15H22ClN3O2. The first-order chi connectivity index (χ1) is 9.56. The molecule has 1 aromatic rings. The molecule has 1 aromatic carbocycles. The summed E-state index contributed by atoms with van der Waals surface area (Å²) in [6.45, 7) is 6.71. The molecule has 1 amide bonds. The molecule has 0 saturated carbocycles. The predicted octanol–water partition coefficient (Wildman–Crippen LogP) is 1.54. The van der Waals surface area contributed by atoms with Crippen LogP contribution in [-0.2, 0) is 4.79 Å². The molecule has 1 aliphatic rings. The Kier molecular flexibility index (Phi) is 6.81. The molecule has 21 heavy (non-hydrogen) atoms. The van der Waals surface area contributed by atoms with Gasteiger partial charge in [0.2, 0.25) is 5.91 Å². The zero-order valence-electron chi connectivity index (χ0n) is 12.4. The summed E-state index contributed by atoms with van der Waals surface area (Å²) in [5.74, 6) is -0.0451. The van der Waals surface area contributed by atoms with Crippen molar-refractivity contribution in [3.05, 3.63) is 29.8 Å². The van der Waals surface area contributed by atoms with Gasteiger partial charge in [0.15, 0.2) is 5.78 Å². The van der Waals surface area contributed by atoms with E-state index in [1.165, 1.54) is 6.92 Å². The van der Waals surface area contributed by atoms with Gasteiger partial charge < -0.3 is 10.6 Å². The first kappa shape index (κ1) is 17.6. The van der Waals surface area contributed by atoms with Crippen LogP contribution in [0, 0.1) is 0 Å². The molecule has 0 aromatic heterocycles. The molecule has 5 nitrogen and oxygen atoms in total. The fraction of sp³-hybridized carbons (Fsp3) is 0.467. The third-order valence-corrected chi connectivity index (χ3v) is 3.54. The summed E-state index contributed by atoms with van der Waals surface area (Å²) in [5.41, 5.74) is 1.28. The summed E-state index contributed by atoms with van der Waals surface area (Å²) in [6, 6.07) is 7.39. The molecule has 6 heteroatoms. The van der Waals surface area contributed by atoms with E-state index in [1.54, 1.807) is 24.3 Å². The Morgan fingerprint density at radius 2 is 2.19 bits per heavy atom. The lowest BCUT2D eigenvalue weighted by atomic mass is 10.1. The third kappa shape index (κ3) is 5.12. The highest BCUT2D eigenvalue weighted by atomic mass is 35.5. The molecule has 2 N–H and O–H groups in total. The summed E-state index contributed by atoms with van der Waals surface area (Å²) >= 11 is 0. The molecule has 2 rings (SSSR count). The van der Waals surface area contributed by atoms with Crippen LogP contribution in [0.2, 0.25) is 0 Å². The van der Waals surface area contributed by atoms with Crippen LogP contribution in [0.5, 0.6) is 0 Å². The lowest BCUT2D eigenvalue weighted by Crippen LogP contribution is -2.51. The number of Topliss-reactive ketones (excluding diaryl/α,β-unsaturated/α-hetero) is 1. The van der Waals surface area contributed by atoms with Gasteiger partial charge in [0.25, 0.3) is 0 Å². The van der Waals surface area contributed by atoms with Gasteiger partial charge in [0.1, 0.15) is 0 Å². The number of nitrogens with zero attached hydrogens (tertiary/aromatic N) is 1. The Morgan fingerprint density at radius 1 is 1.43 bits per heavy atom. The molecule has 0 aliphatic carbocycles. The van der Waals surface area contributed by atoms with Crippen LogP contribution in [-0.4, -0.2) is 48.8 Å². The number of rotatable bonds is 4. The van der Waals surface area contributed by atoms with Gasteiger partial charge >= 0.3 is 0 Å². The molecule has 0 unspecified atom stereocenters. The van der Waals surface area contributed by atoms with E-state index in [0.29, 0.717) is 23.8 Å². The van der Waals surface area contributed by atoms with Crippen molar-refractivity contribution in [3.63, 3.8) is 0 Å². The minimum Gasteiger partial charge on any atom is -0.325 e. The van der Waals surface area contributed by atoms with Crippen LogP contribution in [0.25, 0.3) is 0 Å². The molecular weight excluding hydrogens is 290 g/mol. The van der Waals surface area contributed by atoms with Crippen LogP contribution in [0.3, 0.4) is 0 Å². The largest absolute Gasteiger partial charge is 0.325 e. The smallest absolute Gasteiger partial charge is 0.238 e. The Balaban J connectivity index is 0.00000220. The van der Waals surface area contributed by atoms with Crippen molar-refractivity contribution in [1.82, 2.24) is 10.2 Å². The molecule has 0 spiro atoms. The van der Waals surface area contributed by atoms with Crippen LogP contribution >= 0.6 is 12.4 Å². The Labute approximate surface area is 131 Å². The van der Waals surface area contributed by atoms with Gasteiger partial charge in [-0.2, -0.15) is 0 Å². The van der Waals surface area contributed by atoms with E-state index in [9.17, 15) is 9.59 Å². The Bertz CT molecular complexity index is 507. The van der Waals surface area contributed by atoms with Crippen LogP contribution < -0.4 is 10.6 Å². The Hall–Kier alpha value is -1.43. The van der Waals surface area contributed by atoms with E-state index in [1.807, 2.05) is 0 Å². The Morgan fingerprint density at radius 3 is 2.86 bits per heavy atom. The topological polar surface area (TPSA) is 61.4 Å². The fourth-order valence-electron chi connectivity index (χ4n) is 2.32. The second-order valence-electron chi connectivity index (χ2n) is 5.21. The predicted molar refractivity (Wildman–Crippen MR) is 86.2 cm³/mol. The van der Waals surface area contributed by atoms with E-state index < -0.39 is 0 Å². The van der Waals surface area contributed by atoms with Gasteiger partial charge in [-0.3, -0.25) is 14.5 Å².